The van der Waals surface area contributed by atoms with Crippen molar-refractivity contribution in [3.8, 4) is 0 Å². The van der Waals surface area contributed by atoms with Gasteiger partial charge in [0.25, 0.3) is 5.92 Å². The van der Waals surface area contributed by atoms with E-state index in [1.54, 1.807) is 5.32 Å². The van der Waals surface area contributed by atoms with Crippen LogP contribution in [-0.2, 0) is 29.0 Å². The molecule has 3 N–H and O–H groups in total. The molecule has 3 saturated heterocycles. The molecule has 238 valence electrons. The van der Waals surface area contributed by atoms with E-state index in [1.807, 2.05) is 0 Å². The van der Waals surface area contributed by atoms with E-state index in [4.69, 9.17) is 0 Å². The van der Waals surface area contributed by atoms with Crippen molar-refractivity contribution >= 4 is 33.5 Å². The molecule has 4 amide bonds. The maximum absolute atomic E-state index is 15.1. The fourth-order valence-electron chi connectivity index (χ4n) is 5.73. The first-order chi connectivity index (χ1) is 19.0. The molecule has 3 heterocycles. The van der Waals surface area contributed by atoms with Crippen LogP contribution in [0.25, 0.3) is 0 Å². The Kier molecular flexibility index (Phi) is 9.36. The molecule has 42 heavy (non-hydrogen) atoms. The number of carbonyl (C=O) groups excluding carboxylic acids is 4. The highest BCUT2D eigenvalue weighted by Crippen LogP contribution is 2.49. The van der Waals surface area contributed by atoms with Gasteiger partial charge in [0.15, 0.2) is 0 Å². The second kappa shape index (κ2) is 11.7. The molecule has 10 nitrogen and oxygen atoms in total. The molecule has 0 aromatic carbocycles. The van der Waals surface area contributed by atoms with Crippen molar-refractivity contribution in [2.45, 2.75) is 89.1 Å². The monoisotopic (exact) mass is 632 g/mol. The third-order valence-electron chi connectivity index (χ3n) is 7.82. The van der Waals surface area contributed by atoms with E-state index in [1.165, 1.54) is 20.8 Å². The van der Waals surface area contributed by atoms with Gasteiger partial charge in [-0.15, -0.1) is 0 Å². The van der Waals surface area contributed by atoms with Crippen molar-refractivity contribution in [2.75, 3.05) is 12.8 Å². The molecular weight excluding hydrogens is 598 g/mol. The van der Waals surface area contributed by atoms with Gasteiger partial charge in [0.05, 0.1) is 12.0 Å². The molecule has 0 unspecified atom stereocenters. The summed E-state index contributed by atoms with van der Waals surface area (Å²) in [5.74, 6) is -11.3. The van der Waals surface area contributed by atoms with Crippen LogP contribution >= 0.6 is 0 Å². The Hall–Kier alpha value is -2.85. The van der Waals surface area contributed by atoms with E-state index in [9.17, 15) is 45.2 Å². The second-order valence-corrected chi connectivity index (χ2v) is 14.1. The van der Waals surface area contributed by atoms with Crippen molar-refractivity contribution in [3.63, 3.8) is 0 Å². The van der Waals surface area contributed by atoms with Crippen molar-refractivity contribution < 1.29 is 53.9 Å². The van der Waals surface area contributed by atoms with Crippen LogP contribution in [0.5, 0.6) is 0 Å². The number of rotatable bonds is 8. The summed E-state index contributed by atoms with van der Waals surface area (Å²) in [6.45, 7) is 4.31. The average Bonchev–Trinajstić information content (AvgIpc) is 3.22. The average molecular weight is 633 g/mol. The van der Waals surface area contributed by atoms with Gasteiger partial charge >= 0.3 is 12.1 Å². The van der Waals surface area contributed by atoms with Gasteiger partial charge in [-0.25, -0.2) is 17.2 Å². The van der Waals surface area contributed by atoms with Crippen LogP contribution < -0.4 is 16.0 Å². The minimum absolute atomic E-state index is 0.00808. The number of fused-ring (bicyclic) bond motifs is 3. The standard InChI is InChI=1S/C25H34F6N4O6S/c1-23(2,3)18(34-22(39)25(29,30)31)21(38)35-14-5-6-15(24(27,28)11-14)17(35)20(37)33-13(10-16(26)42(4,40)41)9-12-7-8-32-19(12)36/h10,12-15,17-18H,5-9,11H2,1-4H3,(H,32,36)(H,33,37)(H,34,39)/b16-10-/t12-,13+,14+,15+,17+,18-/m0/s1. The third-order valence-corrected chi connectivity index (χ3v) is 8.66. The molecule has 1 saturated carbocycles. The number of hydrogen-bond donors (Lipinski definition) is 3. The maximum atomic E-state index is 15.1. The van der Waals surface area contributed by atoms with Crippen molar-refractivity contribution in [3.05, 3.63) is 11.2 Å². The number of halogens is 6. The molecular formula is C25H34F6N4O6S. The lowest BCUT2D eigenvalue weighted by Gasteiger charge is -2.55. The summed E-state index contributed by atoms with van der Waals surface area (Å²) in [5.41, 5.74) is -1.35. The molecule has 3 aliphatic heterocycles. The topological polar surface area (TPSA) is 142 Å². The van der Waals surface area contributed by atoms with Crippen LogP contribution in [0.15, 0.2) is 11.2 Å². The third kappa shape index (κ3) is 7.37. The Labute approximate surface area is 238 Å². The molecule has 0 radical (unpaired) electrons. The van der Waals surface area contributed by atoms with Crippen LogP contribution in [0, 0.1) is 17.3 Å². The highest BCUT2D eigenvalue weighted by molar-refractivity contribution is 7.94. The van der Waals surface area contributed by atoms with Gasteiger partial charge in [-0.3, -0.25) is 19.2 Å². The fourth-order valence-corrected chi connectivity index (χ4v) is 6.14. The zero-order chi connectivity index (χ0) is 32.0. The summed E-state index contributed by atoms with van der Waals surface area (Å²) in [6.07, 6.45) is -5.38. The summed E-state index contributed by atoms with van der Waals surface area (Å²) >= 11 is 0. The number of nitrogens with zero attached hydrogens (tertiary/aromatic N) is 1. The van der Waals surface area contributed by atoms with Crippen molar-refractivity contribution in [2.24, 2.45) is 17.3 Å². The first kappa shape index (κ1) is 33.6. The van der Waals surface area contributed by atoms with Crippen molar-refractivity contribution in [1.29, 1.82) is 0 Å². The van der Waals surface area contributed by atoms with Crippen LogP contribution in [-0.4, -0.2) is 86.0 Å². The summed E-state index contributed by atoms with van der Waals surface area (Å²) in [4.78, 5) is 52.0. The van der Waals surface area contributed by atoms with Crippen molar-refractivity contribution in [1.82, 2.24) is 20.9 Å². The number of sulfone groups is 1. The van der Waals surface area contributed by atoms with Crippen LogP contribution in [0.4, 0.5) is 26.3 Å². The summed E-state index contributed by atoms with van der Waals surface area (Å²) in [6, 6.07) is -6.56. The summed E-state index contributed by atoms with van der Waals surface area (Å²) in [5, 5.41) is 4.81. The highest BCUT2D eigenvalue weighted by Gasteiger charge is 2.61. The number of hydrogen-bond acceptors (Lipinski definition) is 6. The number of amides is 4. The molecule has 4 rings (SSSR count). The van der Waals surface area contributed by atoms with E-state index in [-0.39, 0.29) is 32.2 Å². The lowest BCUT2D eigenvalue weighted by atomic mass is 9.70. The predicted molar refractivity (Wildman–Crippen MR) is 136 cm³/mol. The lowest BCUT2D eigenvalue weighted by molar-refractivity contribution is -0.197. The predicted octanol–water partition coefficient (Wildman–Crippen LogP) is 1.96. The van der Waals surface area contributed by atoms with Gasteiger partial charge < -0.3 is 20.9 Å². The molecule has 0 aromatic rings. The Morgan fingerprint density at radius 3 is 2.21 bits per heavy atom. The zero-order valence-electron chi connectivity index (χ0n) is 23.4. The first-order valence-corrected chi connectivity index (χ1v) is 15.2. The molecule has 17 heteroatoms. The Morgan fingerprint density at radius 1 is 1.12 bits per heavy atom. The van der Waals surface area contributed by atoms with E-state index < -0.39 is 98.6 Å². The first-order valence-electron chi connectivity index (χ1n) is 13.3. The van der Waals surface area contributed by atoms with Crippen LogP contribution in [0.2, 0.25) is 0 Å². The molecule has 0 spiro atoms. The normalized spacial score (nSPS) is 27.7. The zero-order valence-corrected chi connectivity index (χ0v) is 24.2. The number of piperidine rings is 2. The minimum atomic E-state index is -5.36. The molecule has 6 atom stereocenters. The Balaban J connectivity index is 2.00. The van der Waals surface area contributed by atoms with Gasteiger partial charge in [0.2, 0.25) is 32.7 Å². The largest absolute Gasteiger partial charge is 0.471 e. The maximum Gasteiger partial charge on any atom is 0.471 e. The van der Waals surface area contributed by atoms with Gasteiger partial charge in [-0.05, 0) is 37.2 Å². The van der Waals surface area contributed by atoms with Gasteiger partial charge in [-0.1, -0.05) is 20.8 Å². The molecule has 1 aliphatic carbocycles. The van der Waals surface area contributed by atoms with E-state index in [0.29, 0.717) is 12.3 Å². The molecule has 2 bridgehead atoms. The fraction of sp³-hybridized carbons (Fsp3) is 0.760. The van der Waals surface area contributed by atoms with Gasteiger partial charge in [0, 0.05) is 31.2 Å². The quantitative estimate of drug-likeness (QED) is 0.350. The SMILES string of the molecule is CC(C)(C)[C@@H](NC(=O)C(F)(F)F)C(=O)N1[C@@H]2CC[C@H]([C@@H]1C(=O)N[C@@H](/C=C(/F)S(C)(=O)=O)C[C@@H]1CCNC1=O)C(F)(F)C2. The highest BCUT2D eigenvalue weighted by atomic mass is 32.2. The Morgan fingerprint density at radius 2 is 1.74 bits per heavy atom. The van der Waals surface area contributed by atoms with Gasteiger partial charge in [0.1, 0.15) is 12.1 Å². The number of nitrogens with one attached hydrogen (secondary N) is 3. The molecule has 4 aliphatic rings. The molecule has 0 aromatic heterocycles. The van der Waals surface area contributed by atoms with Crippen LogP contribution in [0.1, 0.15) is 52.9 Å². The lowest BCUT2D eigenvalue weighted by Crippen LogP contribution is -2.71. The second-order valence-electron chi connectivity index (χ2n) is 12.1. The Bertz CT molecular complexity index is 1250. The molecule has 4 fully saturated rings. The van der Waals surface area contributed by atoms with Crippen LogP contribution in [0.3, 0.4) is 0 Å². The summed E-state index contributed by atoms with van der Waals surface area (Å²) < 4.78 is 107. The van der Waals surface area contributed by atoms with Gasteiger partial charge in [-0.2, -0.15) is 17.6 Å². The van der Waals surface area contributed by atoms with E-state index in [2.05, 4.69) is 10.6 Å². The van der Waals surface area contributed by atoms with E-state index in [0.717, 1.165) is 4.90 Å². The number of carbonyl (C=O) groups is 4. The summed E-state index contributed by atoms with van der Waals surface area (Å²) in [7, 11) is -4.38. The minimum Gasteiger partial charge on any atom is -0.356 e. The smallest absolute Gasteiger partial charge is 0.356 e. The number of alkyl halides is 5. The van der Waals surface area contributed by atoms with E-state index >= 15 is 8.78 Å².